The van der Waals surface area contributed by atoms with Crippen LogP contribution >= 0.6 is 0 Å². The van der Waals surface area contributed by atoms with E-state index in [4.69, 9.17) is 5.11 Å². The largest absolute Gasteiger partial charge is 0.396 e. The van der Waals surface area contributed by atoms with Crippen molar-refractivity contribution in [2.24, 2.45) is 0 Å². The highest BCUT2D eigenvalue weighted by Crippen LogP contribution is 1.96. The summed E-state index contributed by atoms with van der Waals surface area (Å²) in [6, 6.07) is 0. The van der Waals surface area contributed by atoms with Crippen LogP contribution in [0.1, 0.15) is 25.0 Å². The van der Waals surface area contributed by atoms with Gasteiger partial charge in [0.05, 0.1) is 12.0 Å². The van der Waals surface area contributed by atoms with Gasteiger partial charge in [0.1, 0.15) is 0 Å². The van der Waals surface area contributed by atoms with E-state index in [1.807, 2.05) is 18.7 Å². The Hall–Kier alpha value is -1.73. The smallest absolute Gasteiger partial charge is 0.0964 e. The number of aliphatic hydroxyl groups excluding tert-OH is 1. The molecule has 7 heteroatoms. The maximum atomic E-state index is 8.75. The van der Waals surface area contributed by atoms with Crippen LogP contribution in [-0.2, 0) is 19.6 Å². The maximum Gasteiger partial charge on any atom is 0.0964 e. The van der Waals surface area contributed by atoms with Crippen LogP contribution in [0.15, 0.2) is 24.9 Å². The van der Waals surface area contributed by atoms with Crippen LogP contribution < -0.4 is 5.32 Å². The average molecular weight is 278 g/mol. The van der Waals surface area contributed by atoms with E-state index in [0.29, 0.717) is 13.0 Å². The van der Waals surface area contributed by atoms with Gasteiger partial charge in [-0.05, 0) is 25.8 Å². The van der Waals surface area contributed by atoms with E-state index in [9.17, 15) is 0 Å². The fourth-order valence-electron chi connectivity index (χ4n) is 1.94. The summed E-state index contributed by atoms with van der Waals surface area (Å²) in [5.74, 6) is 0. The highest BCUT2D eigenvalue weighted by molar-refractivity contribution is 4.91. The van der Waals surface area contributed by atoms with Gasteiger partial charge in [-0.25, -0.2) is 4.98 Å². The fraction of sp³-hybridized carbons (Fsp3) is 0.615. The molecule has 2 aromatic rings. The molecular weight excluding hydrogens is 256 g/mol. The zero-order valence-corrected chi connectivity index (χ0v) is 11.6. The molecule has 0 fully saturated rings. The Morgan fingerprint density at radius 2 is 2.15 bits per heavy atom. The van der Waals surface area contributed by atoms with Crippen molar-refractivity contribution in [2.75, 3.05) is 13.2 Å². The Morgan fingerprint density at radius 3 is 2.95 bits per heavy atom. The van der Waals surface area contributed by atoms with Gasteiger partial charge in [0, 0.05) is 44.8 Å². The number of aromatic nitrogens is 5. The highest BCUT2D eigenvalue weighted by Gasteiger charge is 2.00. The third kappa shape index (κ3) is 5.10. The molecule has 0 aliphatic carbocycles. The molecule has 0 saturated carbocycles. The van der Waals surface area contributed by atoms with Crippen molar-refractivity contribution < 1.29 is 5.11 Å². The molecule has 0 aliphatic rings. The SMILES string of the molecule is OCCCn1cc(CNCCCCn2ccnc2)nn1. The number of hydrogen-bond donors (Lipinski definition) is 2. The molecule has 7 nitrogen and oxygen atoms in total. The molecule has 0 saturated heterocycles. The minimum Gasteiger partial charge on any atom is -0.396 e. The summed E-state index contributed by atoms with van der Waals surface area (Å²) in [5, 5.41) is 20.2. The van der Waals surface area contributed by atoms with Gasteiger partial charge in [0.2, 0.25) is 0 Å². The molecule has 20 heavy (non-hydrogen) atoms. The van der Waals surface area contributed by atoms with Gasteiger partial charge in [-0.3, -0.25) is 4.68 Å². The second-order valence-corrected chi connectivity index (χ2v) is 4.73. The van der Waals surface area contributed by atoms with E-state index in [2.05, 4.69) is 25.2 Å². The summed E-state index contributed by atoms with van der Waals surface area (Å²) in [6.07, 6.45) is 10.5. The zero-order valence-electron chi connectivity index (χ0n) is 11.6. The van der Waals surface area contributed by atoms with Crippen LogP contribution in [0.3, 0.4) is 0 Å². The van der Waals surface area contributed by atoms with Crippen molar-refractivity contribution in [1.29, 1.82) is 0 Å². The van der Waals surface area contributed by atoms with Crippen molar-refractivity contribution >= 4 is 0 Å². The number of aryl methyl sites for hydroxylation is 2. The summed E-state index contributed by atoms with van der Waals surface area (Å²) in [6.45, 7) is 3.63. The molecule has 2 heterocycles. The molecule has 110 valence electrons. The molecule has 2 N–H and O–H groups in total. The Morgan fingerprint density at radius 1 is 1.20 bits per heavy atom. The van der Waals surface area contributed by atoms with Crippen molar-refractivity contribution in [2.45, 2.75) is 38.9 Å². The predicted molar refractivity (Wildman–Crippen MR) is 74.9 cm³/mol. The van der Waals surface area contributed by atoms with Gasteiger partial charge >= 0.3 is 0 Å². The van der Waals surface area contributed by atoms with Gasteiger partial charge in [0.25, 0.3) is 0 Å². The molecule has 0 aromatic carbocycles. The van der Waals surface area contributed by atoms with Crippen molar-refractivity contribution in [3.05, 3.63) is 30.6 Å². The summed E-state index contributed by atoms with van der Waals surface area (Å²) < 4.78 is 3.86. The Balaban J connectivity index is 1.53. The molecule has 0 unspecified atom stereocenters. The van der Waals surface area contributed by atoms with Gasteiger partial charge in [-0.15, -0.1) is 5.10 Å². The predicted octanol–water partition coefficient (Wildman–Crippen LogP) is 0.427. The summed E-state index contributed by atoms with van der Waals surface area (Å²) in [4.78, 5) is 4.01. The average Bonchev–Trinajstić information content (AvgIpc) is 3.12. The molecule has 0 atom stereocenters. The van der Waals surface area contributed by atoms with Crippen molar-refractivity contribution in [3.8, 4) is 0 Å². The first-order valence-electron chi connectivity index (χ1n) is 7.05. The molecule has 2 aromatic heterocycles. The maximum absolute atomic E-state index is 8.75. The van der Waals surface area contributed by atoms with Crippen LogP contribution in [0.5, 0.6) is 0 Å². The Kier molecular flexibility index (Phi) is 6.19. The second kappa shape index (κ2) is 8.44. The minimum atomic E-state index is 0.185. The number of nitrogens with one attached hydrogen (secondary N) is 1. The quantitative estimate of drug-likeness (QED) is 0.616. The van der Waals surface area contributed by atoms with Crippen molar-refractivity contribution in [3.63, 3.8) is 0 Å². The Labute approximate surface area is 118 Å². The lowest BCUT2D eigenvalue weighted by Gasteiger charge is -2.03. The normalized spacial score (nSPS) is 11.1. The van der Waals surface area contributed by atoms with Gasteiger partial charge in [-0.2, -0.15) is 0 Å². The standard InChI is InChI=1S/C13H22N6O/c20-9-3-7-19-11-13(16-17-19)10-14-4-1-2-6-18-8-5-15-12-18/h5,8,11-12,14,20H,1-4,6-7,9-10H2. The zero-order chi connectivity index (χ0) is 14.0. The molecule has 0 bridgehead atoms. The van der Waals surface area contributed by atoms with Gasteiger partial charge in [0.15, 0.2) is 0 Å². The number of aliphatic hydroxyl groups is 1. The Bertz CT molecular complexity index is 467. The lowest BCUT2D eigenvalue weighted by molar-refractivity contribution is 0.276. The molecule has 0 spiro atoms. The molecule has 0 aliphatic heterocycles. The number of hydrogen-bond acceptors (Lipinski definition) is 5. The van der Waals surface area contributed by atoms with E-state index in [1.54, 1.807) is 10.9 Å². The topological polar surface area (TPSA) is 80.8 Å². The number of unbranched alkanes of at least 4 members (excludes halogenated alkanes) is 1. The second-order valence-electron chi connectivity index (χ2n) is 4.73. The molecule has 0 amide bonds. The van der Waals surface area contributed by atoms with Crippen LogP contribution in [0.4, 0.5) is 0 Å². The minimum absolute atomic E-state index is 0.185. The van der Waals surface area contributed by atoms with Gasteiger partial charge in [-0.1, -0.05) is 5.21 Å². The fourth-order valence-corrected chi connectivity index (χ4v) is 1.94. The van der Waals surface area contributed by atoms with Crippen molar-refractivity contribution in [1.82, 2.24) is 29.9 Å². The molecule has 2 rings (SSSR count). The molecule has 0 radical (unpaired) electrons. The van der Waals surface area contributed by atoms with Crippen LogP contribution in [-0.4, -0.2) is 42.8 Å². The number of rotatable bonds is 10. The van der Waals surface area contributed by atoms with Crippen LogP contribution in [0.25, 0.3) is 0 Å². The van der Waals surface area contributed by atoms with E-state index in [-0.39, 0.29) is 6.61 Å². The lowest BCUT2D eigenvalue weighted by atomic mass is 10.3. The first-order chi connectivity index (χ1) is 9.88. The molecular formula is C13H22N6O. The van der Waals surface area contributed by atoms with Crippen LogP contribution in [0, 0.1) is 0 Å². The summed E-state index contributed by atoms with van der Waals surface area (Å²) in [5.41, 5.74) is 0.942. The monoisotopic (exact) mass is 278 g/mol. The lowest BCUT2D eigenvalue weighted by Crippen LogP contribution is -2.15. The number of nitrogens with zero attached hydrogens (tertiary/aromatic N) is 5. The van der Waals surface area contributed by atoms with E-state index in [0.717, 1.165) is 38.2 Å². The first kappa shape index (κ1) is 14.7. The van der Waals surface area contributed by atoms with Crippen LogP contribution in [0.2, 0.25) is 0 Å². The van der Waals surface area contributed by atoms with Gasteiger partial charge < -0.3 is 15.0 Å². The first-order valence-corrected chi connectivity index (χ1v) is 7.05. The highest BCUT2D eigenvalue weighted by atomic mass is 16.3. The van der Waals surface area contributed by atoms with E-state index >= 15 is 0 Å². The van der Waals surface area contributed by atoms with E-state index < -0.39 is 0 Å². The summed E-state index contributed by atoms with van der Waals surface area (Å²) >= 11 is 0. The number of imidazole rings is 1. The summed E-state index contributed by atoms with van der Waals surface area (Å²) in [7, 11) is 0. The van der Waals surface area contributed by atoms with E-state index in [1.165, 1.54) is 0 Å². The third-order valence-electron chi connectivity index (χ3n) is 3.02. The third-order valence-corrected chi connectivity index (χ3v) is 3.02.